The molecule has 6 nitrogen and oxygen atoms in total. The van der Waals surface area contributed by atoms with Gasteiger partial charge in [0.15, 0.2) is 0 Å². The number of aryl methyl sites for hydroxylation is 2. The maximum atomic E-state index is 13.0. The zero-order valence-electron chi connectivity index (χ0n) is 19.1. The number of aromatic nitrogens is 2. The van der Waals surface area contributed by atoms with E-state index in [2.05, 4.69) is 30.2 Å². The Kier molecular flexibility index (Phi) is 6.04. The van der Waals surface area contributed by atoms with Crippen LogP contribution in [0.5, 0.6) is 0 Å². The Labute approximate surface area is 196 Å². The van der Waals surface area contributed by atoms with E-state index in [9.17, 15) is 9.59 Å². The highest BCUT2D eigenvalue weighted by Crippen LogP contribution is 2.42. The molecule has 1 aliphatic carbocycles. The highest BCUT2D eigenvalue weighted by atomic mass is 16.2. The van der Waals surface area contributed by atoms with Gasteiger partial charge in [0.2, 0.25) is 5.91 Å². The van der Waals surface area contributed by atoms with Crippen LogP contribution in [0.15, 0.2) is 42.5 Å². The first-order valence-electron chi connectivity index (χ1n) is 11.5. The van der Waals surface area contributed by atoms with Crippen molar-refractivity contribution >= 4 is 22.7 Å². The molecule has 0 radical (unpaired) electrons. The van der Waals surface area contributed by atoms with E-state index in [4.69, 9.17) is 0 Å². The molecule has 6 heteroatoms. The quantitative estimate of drug-likeness (QED) is 0.588. The van der Waals surface area contributed by atoms with E-state index < -0.39 is 0 Å². The van der Waals surface area contributed by atoms with Crippen molar-refractivity contribution in [1.29, 1.82) is 0 Å². The van der Waals surface area contributed by atoms with Gasteiger partial charge in [-0.1, -0.05) is 39.0 Å². The van der Waals surface area contributed by atoms with E-state index in [1.807, 2.05) is 52.7 Å². The summed E-state index contributed by atoms with van der Waals surface area (Å²) >= 11 is 0. The van der Waals surface area contributed by atoms with Gasteiger partial charge >= 0.3 is 0 Å². The predicted molar refractivity (Wildman–Crippen MR) is 132 cm³/mol. The van der Waals surface area contributed by atoms with Gasteiger partial charge in [0.1, 0.15) is 0 Å². The number of fused-ring (bicyclic) bond motifs is 1. The fourth-order valence-electron chi connectivity index (χ4n) is 5.02. The van der Waals surface area contributed by atoms with Crippen molar-refractivity contribution in [3.8, 4) is 11.1 Å². The van der Waals surface area contributed by atoms with Crippen molar-refractivity contribution < 1.29 is 9.59 Å². The molecule has 2 fully saturated rings. The molecule has 0 bridgehead atoms. The number of nitrogens with zero attached hydrogens (tertiary/aromatic N) is 4. The molecule has 0 N–H and O–H groups in total. The normalized spacial score (nSPS) is 17.4. The maximum Gasteiger partial charge on any atom is 0.253 e. The number of amides is 2. The first kappa shape index (κ1) is 23.0. The van der Waals surface area contributed by atoms with Crippen LogP contribution >= 0.6 is 0 Å². The van der Waals surface area contributed by atoms with Crippen LogP contribution in [-0.4, -0.2) is 57.6 Å². The molecule has 2 aromatic carbocycles. The van der Waals surface area contributed by atoms with Gasteiger partial charge < -0.3 is 9.80 Å². The van der Waals surface area contributed by atoms with E-state index in [0.29, 0.717) is 31.7 Å². The summed E-state index contributed by atoms with van der Waals surface area (Å²) in [6.45, 7) is 6.54. The lowest BCUT2D eigenvalue weighted by atomic mass is 9.69. The summed E-state index contributed by atoms with van der Waals surface area (Å²) in [7, 11) is 1.96. The lowest BCUT2D eigenvalue weighted by molar-refractivity contribution is -0.147. The summed E-state index contributed by atoms with van der Waals surface area (Å²) in [5, 5.41) is 5.64. The highest BCUT2D eigenvalue weighted by Gasteiger charge is 2.42. The highest BCUT2D eigenvalue weighted by molar-refractivity contribution is 5.95. The molecule has 1 saturated heterocycles. The van der Waals surface area contributed by atoms with Crippen molar-refractivity contribution in [1.82, 2.24) is 19.6 Å². The molecule has 3 aromatic rings. The molecular formula is C27H34N4O2. The van der Waals surface area contributed by atoms with Crippen molar-refractivity contribution in [2.75, 3.05) is 26.2 Å². The van der Waals surface area contributed by atoms with E-state index in [1.165, 1.54) is 0 Å². The number of hydrogen-bond acceptors (Lipinski definition) is 3. The molecular weight excluding hydrogens is 412 g/mol. The standard InChI is InChI=1S/C26H30N4O2.CH4/c1-18-22-17-21(9-10-23(22)28(3)27-18)19-5-7-20(8-6-19)24(31)29-13-15-30(16-14-29)25(32)26(2)11-4-12-26;/h5-10,17H,4,11-16H2,1-3H3;1H4. The van der Waals surface area contributed by atoms with Gasteiger partial charge in [-0.3, -0.25) is 14.3 Å². The smallest absolute Gasteiger partial charge is 0.253 e. The van der Waals surface area contributed by atoms with E-state index in [0.717, 1.165) is 47.0 Å². The van der Waals surface area contributed by atoms with Crippen LogP contribution in [0.25, 0.3) is 22.0 Å². The van der Waals surface area contributed by atoms with Crippen molar-refractivity contribution in [2.45, 2.75) is 40.5 Å². The third-order valence-corrected chi connectivity index (χ3v) is 7.33. The van der Waals surface area contributed by atoms with Crippen molar-refractivity contribution in [3.63, 3.8) is 0 Å². The monoisotopic (exact) mass is 446 g/mol. The molecule has 1 aliphatic heterocycles. The van der Waals surface area contributed by atoms with Gasteiger partial charge in [0.25, 0.3) is 5.91 Å². The minimum absolute atomic E-state index is 0. The van der Waals surface area contributed by atoms with Crippen LogP contribution in [0, 0.1) is 12.3 Å². The van der Waals surface area contributed by atoms with Gasteiger partial charge in [-0.25, -0.2) is 0 Å². The van der Waals surface area contributed by atoms with Crippen LogP contribution in [0.2, 0.25) is 0 Å². The molecule has 2 aliphatic rings. The first-order valence-corrected chi connectivity index (χ1v) is 11.5. The van der Waals surface area contributed by atoms with Gasteiger partial charge in [0, 0.05) is 49.6 Å². The SMILES string of the molecule is C.Cc1nn(C)c2ccc(-c3ccc(C(=O)N4CCN(C(=O)C5(C)CCC5)CC4)cc3)cc12. The second-order valence-corrected chi connectivity index (χ2v) is 9.52. The van der Waals surface area contributed by atoms with Crippen LogP contribution in [-0.2, 0) is 11.8 Å². The second-order valence-electron chi connectivity index (χ2n) is 9.52. The molecule has 1 saturated carbocycles. The van der Waals surface area contributed by atoms with Crippen LogP contribution < -0.4 is 0 Å². The van der Waals surface area contributed by atoms with Crippen LogP contribution in [0.4, 0.5) is 0 Å². The van der Waals surface area contributed by atoms with Crippen molar-refractivity contribution in [3.05, 3.63) is 53.7 Å². The number of carbonyl (C=O) groups excluding carboxylic acids is 2. The summed E-state index contributed by atoms with van der Waals surface area (Å²) in [6, 6.07) is 14.2. The maximum absolute atomic E-state index is 13.0. The molecule has 2 heterocycles. The number of carbonyl (C=O) groups is 2. The minimum atomic E-state index is -0.167. The number of benzene rings is 2. The fraction of sp³-hybridized carbons (Fsp3) is 0.444. The fourth-order valence-corrected chi connectivity index (χ4v) is 5.02. The summed E-state index contributed by atoms with van der Waals surface area (Å²) < 4.78 is 1.90. The lowest BCUT2D eigenvalue weighted by Gasteiger charge is -2.43. The Morgan fingerprint density at radius 1 is 0.909 bits per heavy atom. The van der Waals surface area contributed by atoms with Gasteiger partial charge in [0.05, 0.1) is 11.2 Å². The largest absolute Gasteiger partial charge is 0.339 e. The van der Waals surface area contributed by atoms with E-state index in [-0.39, 0.29) is 24.7 Å². The Bertz CT molecular complexity index is 1180. The third kappa shape index (κ3) is 4.03. The molecule has 0 atom stereocenters. The summed E-state index contributed by atoms with van der Waals surface area (Å²) in [4.78, 5) is 29.6. The number of piperazine rings is 1. The van der Waals surface area contributed by atoms with Gasteiger partial charge in [-0.15, -0.1) is 0 Å². The molecule has 174 valence electrons. The predicted octanol–water partition coefficient (Wildman–Crippen LogP) is 4.66. The number of hydrogen-bond donors (Lipinski definition) is 0. The topological polar surface area (TPSA) is 58.4 Å². The van der Waals surface area contributed by atoms with E-state index >= 15 is 0 Å². The zero-order chi connectivity index (χ0) is 22.5. The average molecular weight is 447 g/mol. The van der Waals surface area contributed by atoms with Gasteiger partial charge in [-0.05, 0) is 55.2 Å². The Hall–Kier alpha value is -3.15. The lowest BCUT2D eigenvalue weighted by Crippen LogP contribution is -2.55. The Morgan fingerprint density at radius 3 is 2.12 bits per heavy atom. The molecule has 33 heavy (non-hydrogen) atoms. The first-order chi connectivity index (χ1) is 15.4. The average Bonchev–Trinajstić information content (AvgIpc) is 3.09. The Balaban J connectivity index is 0.00000259. The summed E-state index contributed by atoms with van der Waals surface area (Å²) in [5.41, 5.74) is 4.85. The molecule has 0 spiro atoms. The second kappa shape index (κ2) is 8.65. The van der Waals surface area contributed by atoms with Crippen LogP contribution in [0.3, 0.4) is 0 Å². The summed E-state index contributed by atoms with van der Waals surface area (Å²) in [6.07, 6.45) is 3.13. The summed E-state index contributed by atoms with van der Waals surface area (Å²) in [5.74, 6) is 0.304. The van der Waals surface area contributed by atoms with E-state index in [1.54, 1.807) is 0 Å². The van der Waals surface area contributed by atoms with Crippen LogP contribution in [0.1, 0.15) is 49.7 Å². The van der Waals surface area contributed by atoms with Gasteiger partial charge in [-0.2, -0.15) is 5.10 Å². The molecule has 1 aromatic heterocycles. The molecule has 2 amide bonds. The third-order valence-electron chi connectivity index (χ3n) is 7.33. The molecule has 5 rings (SSSR count). The van der Waals surface area contributed by atoms with Crippen molar-refractivity contribution in [2.24, 2.45) is 12.5 Å². The minimum Gasteiger partial charge on any atom is -0.339 e. The number of rotatable bonds is 3. The Morgan fingerprint density at radius 2 is 1.52 bits per heavy atom. The molecule has 0 unspecified atom stereocenters. The zero-order valence-corrected chi connectivity index (χ0v) is 19.1.